The van der Waals surface area contributed by atoms with Crippen molar-refractivity contribution < 1.29 is 24.2 Å². The van der Waals surface area contributed by atoms with Gasteiger partial charge in [-0.15, -0.1) is 0 Å². The van der Waals surface area contributed by atoms with Crippen molar-refractivity contribution in [1.29, 1.82) is 0 Å². The van der Waals surface area contributed by atoms with Crippen LogP contribution < -0.4 is 5.32 Å². The minimum Gasteiger partial charge on any atom is -0.444 e. The standard InChI is InChI=1S/C25H29ClN4O5/c1-24(2,3)35-23(32)30-8-6-17(7-9-30)20-5-4-16(12-27-20)10-22(31)29-21-11-18(19(26)13-28-21)25(33)14-34-15-25/h4-6,11-13,33H,7-10,14-15H2,1-3H3,(H,28,29,31). The van der Waals surface area contributed by atoms with Gasteiger partial charge in [-0.25, -0.2) is 9.78 Å². The number of ether oxygens (including phenoxy) is 2. The maximum Gasteiger partial charge on any atom is 0.410 e. The van der Waals surface area contributed by atoms with Gasteiger partial charge >= 0.3 is 6.09 Å². The molecule has 2 aliphatic heterocycles. The number of halogens is 1. The van der Waals surface area contributed by atoms with Crippen LogP contribution in [0.5, 0.6) is 0 Å². The number of anilines is 1. The van der Waals surface area contributed by atoms with Crippen molar-refractivity contribution in [2.24, 2.45) is 0 Å². The number of rotatable bonds is 5. The largest absolute Gasteiger partial charge is 0.444 e. The molecule has 2 aromatic rings. The number of carbonyl (C=O) groups excluding carboxylic acids is 2. The number of aliphatic hydroxyl groups is 1. The lowest BCUT2D eigenvalue weighted by Crippen LogP contribution is -2.46. The van der Waals surface area contributed by atoms with Gasteiger partial charge in [0.25, 0.3) is 0 Å². The van der Waals surface area contributed by atoms with Crippen LogP contribution in [0.3, 0.4) is 0 Å². The van der Waals surface area contributed by atoms with Crippen molar-refractivity contribution in [3.8, 4) is 0 Å². The Hall–Kier alpha value is -3.01. The van der Waals surface area contributed by atoms with Gasteiger partial charge in [0.2, 0.25) is 5.91 Å². The molecular formula is C25H29ClN4O5. The lowest BCUT2D eigenvalue weighted by atomic mass is 9.93. The lowest BCUT2D eigenvalue weighted by molar-refractivity contribution is -0.184. The van der Waals surface area contributed by atoms with Crippen molar-refractivity contribution in [3.63, 3.8) is 0 Å². The van der Waals surface area contributed by atoms with Crippen LogP contribution in [0.1, 0.15) is 44.0 Å². The minimum atomic E-state index is -1.16. The molecule has 0 unspecified atom stereocenters. The SMILES string of the molecule is CC(C)(C)OC(=O)N1CC=C(c2ccc(CC(=O)Nc3cc(C4(O)COC4)c(Cl)cn3)cn2)CC1. The maximum absolute atomic E-state index is 12.5. The quantitative estimate of drug-likeness (QED) is 0.645. The van der Waals surface area contributed by atoms with Gasteiger partial charge in [-0.3, -0.25) is 9.78 Å². The second-order valence-corrected chi connectivity index (χ2v) is 10.2. The Morgan fingerprint density at radius 2 is 2.03 bits per heavy atom. The second kappa shape index (κ2) is 9.93. The molecule has 186 valence electrons. The van der Waals surface area contributed by atoms with Crippen LogP contribution in [0.15, 0.2) is 36.7 Å². The van der Waals surface area contributed by atoms with Gasteiger partial charge in [0.1, 0.15) is 17.0 Å². The van der Waals surface area contributed by atoms with Crippen molar-refractivity contribution in [1.82, 2.24) is 14.9 Å². The maximum atomic E-state index is 12.5. The number of carbonyl (C=O) groups is 2. The molecule has 0 aromatic carbocycles. The van der Waals surface area contributed by atoms with Gasteiger partial charge in [0.05, 0.1) is 30.4 Å². The summed E-state index contributed by atoms with van der Waals surface area (Å²) in [5.41, 5.74) is 1.42. The molecule has 9 nitrogen and oxygen atoms in total. The summed E-state index contributed by atoms with van der Waals surface area (Å²) in [6, 6.07) is 5.31. The minimum absolute atomic E-state index is 0.117. The van der Waals surface area contributed by atoms with Gasteiger partial charge < -0.3 is 24.8 Å². The molecule has 2 aromatic heterocycles. The fraction of sp³-hybridized carbons (Fsp3) is 0.440. The van der Waals surface area contributed by atoms with E-state index in [0.717, 1.165) is 16.8 Å². The van der Waals surface area contributed by atoms with E-state index >= 15 is 0 Å². The molecule has 35 heavy (non-hydrogen) atoms. The first kappa shape index (κ1) is 25.1. The predicted octanol–water partition coefficient (Wildman–Crippen LogP) is 3.55. The summed E-state index contributed by atoms with van der Waals surface area (Å²) in [4.78, 5) is 35.1. The van der Waals surface area contributed by atoms with Gasteiger partial charge in [-0.1, -0.05) is 23.7 Å². The zero-order chi connectivity index (χ0) is 25.2. The molecule has 0 atom stereocenters. The lowest BCUT2D eigenvalue weighted by Gasteiger charge is -2.37. The summed E-state index contributed by atoms with van der Waals surface area (Å²) in [5.74, 6) is 0.0447. The number of nitrogens with zero attached hydrogens (tertiary/aromatic N) is 3. The zero-order valence-corrected chi connectivity index (χ0v) is 20.8. The van der Waals surface area contributed by atoms with Crippen molar-refractivity contribution in [2.75, 3.05) is 31.6 Å². The van der Waals surface area contributed by atoms with Crippen LogP contribution in [0, 0.1) is 0 Å². The Balaban J connectivity index is 1.33. The number of pyridine rings is 2. The average molecular weight is 501 g/mol. The number of nitrogens with one attached hydrogen (secondary N) is 1. The van der Waals surface area contributed by atoms with Crippen LogP contribution in [-0.2, 0) is 26.3 Å². The molecule has 10 heteroatoms. The summed E-state index contributed by atoms with van der Waals surface area (Å²) in [6.07, 6.45) is 5.53. The summed E-state index contributed by atoms with van der Waals surface area (Å²) in [6.45, 7) is 6.87. The molecule has 4 rings (SSSR count). The van der Waals surface area contributed by atoms with E-state index in [1.54, 1.807) is 17.2 Å². The number of amides is 2. The first-order valence-electron chi connectivity index (χ1n) is 11.4. The summed E-state index contributed by atoms with van der Waals surface area (Å²) < 4.78 is 10.5. The smallest absolute Gasteiger partial charge is 0.410 e. The molecule has 0 spiro atoms. The molecule has 0 aliphatic carbocycles. The summed E-state index contributed by atoms with van der Waals surface area (Å²) >= 11 is 6.16. The molecule has 0 radical (unpaired) electrons. The van der Waals surface area contributed by atoms with Crippen LogP contribution in [-0.4, -0.2) is 63.9 Å². The monoisotopic (exact) mass is 500 g/mol. The molecular weight excluding hydrogens is 472 g/mol. The second-order valence-electron chi connectivity index (χ2n) is 9.76. The highest BCUT2D eigenvalue weighted by molar-refractivity contribution is 6.31. The molecule has 2 aliphatic rings. The van der Waals surface area contributed by atoms with E-state index in [-0.39, 0.29) is 31.6 Å². The highest BCUT2D eigenvalue weighted by Gasteiger charge is 2.40. The third kappa shape index (κ3) is 6.17. The zero-order valence-electron chi connectivity index (χ0n) is 20.0. The number of aromatic nitrogens is 2. The molecule has 1 saturated heterocycles. The summed E-state index contributed by atoms with van der Waals surface area (Å²) in [5, 5.41) is 13.5. The van der Waals surface area contributed by atoms with Crippen LogP contribution in [0.25, 0.3) is 5.57 Å². The normalized spacial score (nSPS) is 17.3. The van der Waals surface area contributed by atoms with E-state index < -0.39 is 11.2 Å². The molecule has 0 saturated carbocycles. The Labute approximate surface area is 209 Å². The summed E-state index contributed by atoms with van der Waals surface area (Å²) in [7, 11) is 0. The van der Waals surface area contributed by atoms with Crippen LogP contribution in [0.4, 0.5) is 10.6 Å². The Bertz CT molecular complexity index is 1140. The van der Waals surface area contributed by atoms with E-state index in [4.69, 9.17) is 21.1 Å². The third-order valence-electron chi connectivity index (χ3n) is 5.69. The van der Waals surface area contributed by atoms with E-state index in [9.17, 15) is 14.7 Å². The number of hydrogen-bond donors (Lipinski definition) is 2. The topological polar surface area (TPSA) is 114 Å². The molecule has 4 heterocycles. The van der Waals surface area contributed by atoms with Crippen LogP contribution >= 0.6 is 11.6 Å². The van der Waals surface area contributed by atoms with E-state index in [1.807, 2.05) is 39.0 Å². The molecule has 2 amide bonds. The fourth-order valence-corrected chi connectivity index (χ4v) is 4.08. The van der Waals surface area contributed by atoms with Gasteiger partial charge in [0.15, 0.2) is 0 Å². The fourth-order valence-electron chi connectivity index (χ4n) is 3.80. The Kier molecular flexibility index (Phi) is 7.12. The van der Waals surface area contributed by atoms with Gasteiger partial charge in [-0.05, 0) is 50.5 Å². The van der Waals surface area contributed by atoms with E-state index in [2.05, 4.69) is 15.3 Å². The van der Waals surface area contributed by atoms with Crippen molar-refractivity contribution >= 4 is 35.0 Å². The van der Waals surface area contributed by atoms with Gasteiger partial charge in [0, 0.05) is 31.0 Å². The molecule has 1 fully saturated rings. The van der Waals surface area contributed by atoms with Crippen molar-refractivity contribution in [2.45, 2.75) is 44.8 Å². The Morgan fingerprint density at radius 3 is 2.60 bits per heavy atom. The van der Waals surface area contributed by atoms with Crippen molar-refractivity contribution in [3.05, 3.63) is 58.5 Å². The van der Waals surface area contributed by atoms with Gasteiger partial charge in [-0.2, -0.15) is 0 Å². The van der Waals surface area contributed by atoms with E-state index in [0.29, 0.717) is 35.9 Å². The van der Waals surface area contributed by atoms with Crippen LogP contribution in [0.2, 0.25) is 5.02 Å². The highest BCUT2D eigenvalue weighted by atomic mass is 35.5. The third-order valence-corrected chi connectivity index (χ3v) is 5.99. The molecule has 2 N–H and O–H groups in total. The molecule has 0 bridgehead atoms. The predicted molar refractivity (Wildman–Crippen MR) is 131 cm³/mol. The average Bonchev–Trinajstić information content (AvgIpc) is 2.78. The highest BCUT2D eigenvalue weighted by Crippen LogP contribution is 2.35. The first-order chi connectivity index (χ1) is 16.5. The Morgan fingerprint density at radius 1 is 1.26 bits per heavy atom. The first-order valence-corrected chi connectivity index (χ1v) is 11.8. The number of hydrogen-bond acceptors (Lipinski definition) is 7. The van der Waals surface area contributed by atoms with E-state index in [1.165, 1.54) is 6.20 Å².